The number of carbonyl (C=O) groups excluding carboxylic acids is 4. The molecule has 3 aromatic carbocycles. The first-order valence-electron chi connectivity index (χ1n) is 25.6. The van der Waals surface area contributed by atoms with E-state index in [1.807, 2.05) is 49.8 Å². The lowest BCUT2D eigenvalue weighted by Gasteiger charge is -2.39. The Labute approximate surface area is 414 Å². The number of carbonyl (C=O) groups is 4. The van der Waals surface area contributed by atoms with Gasteiger partial charge < -0.3 is 54.1 Å². The third-order valence-electron chi connectivity index (χ3n) is 15.9. The van der Waals surface area contributed by atoms with Crippen molar-refractivity contribution in [1.82, 2.24) is 40.4 Å². The molecule has 4 saturated heterocycles. The van der Waals surface area contributed by atoms with Crippen molar-refractivity contribution < 1.29 is 42.9 Å². The number of fused-ring (bicyclic) bond motifs is 6. The second-order valence-corrected chi connectivity index (χ2v) is 20.8. The molecule has 5 aliphatic heterocycles. The number of amides is 4. The summed E-state index contributed by atoms with van der Waals surface area (Å²) >= 11 is 0. The number of nitrogens with zero attached hydrogens (tertiary/aromatic N) is 4. The second-order valence-electron chi connectivity index (χ2n) is 20.8. The van der Waals surface area contributed by atoms with Crippen LogP contribution >= 0.6 is 0 Å². The number of methoxy groups -OCH3 is 2. The van der Waals surface area contributed by atoms with Crippen molar-refractivity contribution in [1.29, 1.82) is 0 Å². The third-order valence-corrected chi connectivity index (χ3v) is 15.9. The third kappa shape index (κ3) is 9.31. The number of rotatable bonds is 10. The number of hydrogen-bond acceptors (Lipinski definition) is 11. The molecule has 0 spiro atoms. The van der Waals surface area contributed by atoms with Crippen LogP contribution in [0.4, 0.5) is 9.59 Å². The fourth-order valence-electron chi connectivity index (χ4n) is 12.7. The van der Waals surface area contributed by atoms with Crippen LogP contribution in [0.3, 0.4) is 0 Å². The zero-order valence-electron chi connectivity index (χ0n) is 42.1. The van der Waals surface area contributed by atoms with E-state index in [4.69, 9.17) is 33.7 Å². The lowest BCUT2D eigenvalue weighted by atomic mass is 9.85. The molecule has 2 aromatic heterocycles. The first kappa shape index (κ1) is 48.4. The van der Waals surface area contributed by atoms with E-state index in [2.05, 4.69) is 70.8 Å². The van der Waals surface area contributed by atoms with E-state index in [0.29, 0.717) is 43.9 Å². The normalized spacial score (nSPS) is 28.2. The fourth-order valence-corrected chi connectivity index (χ4v) is 12.7. The fraction of sp³-hybridized carbons (Fsp3) is 0.556. The molecule has 10 atom stereocenters. The molecule has 7 heterocycles. The molecule has 71 heavy (non-hydrogen) atoms. The molecule has 5 aromatic rings. The number of likely N-dealkylation sites (tertiary alicyclic amines) is 2. The van der Waals surface area contributed by atoms with Gasteiger partial charge in [0.2, 0.25) is 11.8 Å². The van der Waals surface area contributed by atoms with Crippen LogP contribution in [0.15, 0.2) is 48.7 Å². The minimum atomic E-state index is -0.758. The molecule has 17 nitrogen and oxygen atoms in total. The summed E-state index contributed by atoms with van der Waals surface area (Å²) in [6.45, 7) is 12.6. The maximum absolute atomic E-state index is 14.7. The molecule has 4 fully saturated rings. The van der Waals surface area contributed by atoms with Gasteiger partial charge in [-0.3, -0.25) is 9.59 Å². The van der Waals surface area contributed by atoms with Gasteiger partial charge in [-0.1, -0.05) is 25.1 Å². The Balaban J connectivity index is 0.896. The summed E-state index contributed by atoms with van der Waals surface area (Å²) in [6, 6.07) is 12.6. The number of H-pyrrole nitrogens is 2. The van der Waals surface area contributed by atoms with E-state index < -0.39 is 24.3 Å². The summed E-state index contributed by atoms with van der Waals surface area (Å²) in [6.07, 6.45) is 6.97. The zero-order valence-corrected chi connectivity index (χ0v) is 42.1. The quantitative estimate of drug-likeness (QED) is 0.104. The van der Waals surface area contributed by atoms with E-state index in [0.717, 1.165) is 87.6 Å². The summed E-state index contributed by atoms with van der Waals surface area (Å²) in [5.74, 6) is 1.74. The summed E-state index contributed by atoms with van der Waals surface area (Å²) in [5.41, 5.74) is 6.58. The number of hydrogen-bond donors (Lipinski definition) is 4. The van der Waals surface area contributed by atoms with Gasteiger partial charge in [0.15, 0.2) is 0 Å². The van der Waals surface area contributed by atoms with Gasteiger partial charge in [0.1, 0.15) is 36.1 Å². The SMILES string of the molecule is CC[C@H]1CC[C@@H](c2ncc(-c3ccc4c(c3)COc3cc5c(ccc6[nH]c([C@@H]7CC[C@H](C)N7C(=O)[C@@H](NC(=O)OC)C7C[C@@H](C)O[C@H](C)C7)nc65)cc3-4)[nH]2)N1C(=O)C(NC(=O)OC)C1C[C@@H](C)O[C@H](C)C1. The maximum atomic E-state index is 14.7. The van der Waals surface area contributed by atoms with Crippen LogP contribution in [0.5, 0.6) is 5.75 Å². The van der Waals surface area contributed by atoms with E-state index in [1.165, 1.54) is 14.2 Å². The van der Waals surface area contributed by atoms with Crippen LogP contribution < -0.4 is 15.4 Å². The highest BCUT2D eigenvalue weighted by Gasteiger charge is 2.46. The number of benzene rings is 3. The lowest BCUT2D eigenvalue weighted by Crippen LogP contribution is -2.55. The number of aromatic nitrogens is 4. The molecule has 0 radical (unpaired) electrons. The highest BCUT2D eigenvalue weighted by Crippen LogP contribution is 2.45. The van der Waals surface area contributed by atoms with Gasteiger partial charge in [-0.05, 0) is 151 Å². The monoisotopic (exact) mass is 973 g/mol. The average molecular weight is 973 g/mol. The van der Waals surface area contributed by atoms with E-state index in [-0.39, 0.29) is 72.2 Å². The molecular weight excluding hydrogens is 905 g/mol. The minimum Gasteiger partial charge on any atom is -0.488 e. The first-order chi connectivity index (χ1) is 34.2. The van der Waals surface area contributed by atoms with Gasteiger partial charge in [0.05, 0.1) is 73.6 Å². The van der Waals surface area contributed by atoms with E-state index in [9.17, 15) is 19.2 Å². The molecule has 0 aliphatic carbocycles. The Kier molecular flexibility index (Phi) is 13.5. The Morgan fingerprint density at radius 3 is 1.99 bits per heavy atom. The van der Waals surface area contributed by atoms with E-state index >= 15 is 0 Å². The van der Waals surface area contributed by atoms with Crippen molar-refractivity contribution in [3.8, 4) is 28.1 Å². The van der Waals surface area contributed by atoms with Gasteiger partial charge in [-0.2, -0.15) is 0 Å². The van der Waals surface area contributed by atoms with Gasteiger partial charge in [0, 0.05) is 23.0 Å². The highest BCUT2D eigenvalue weighted by atomic mass is 16.5. The van der Waals surface area contributed by atoms with Gasteiger partial charge >= 0.3 is 12.2 Å². The summed E-state index contributed by atoms with van der Waals surface area (Å²) < 4.78 is 28.5. The molecule has 378 valence electrons. The van der Waals surface area contributed by atoms with Crippen molar-refractivity contribution in [3.63, 3.8) is 0 Å². The Morgan fingerprint density at radius 1 is 0.732 bits per heavy atom. The highest BCUT2D eigenvalue weighted by molar-refractivity contribution is 6.07. The second kappa shape index (κ2) is 19.8. The van der Waals surface area contributed by atoms with Crippen LogP contribution in [0, 0.1) is 11.8 Å². The first-order valence-corrected chi connectivity index (χ1v) is 25.6. The standard InChI is InChI=1S/C54H68N8O9/c1-9-37-13-17-43(62(37)52(64)47(60-54(66)68-8)35-20-30(5)71-31(6)21-35)49-55-25-42(57-49)33-11-14-38-36(22-33)26-69-45-24-39-32(23-40(38)45)12-15-41-48(39)58-50(56-41)44-16-10-27(2)61(44)51(63)46(59-53(65)67-7)34-18-28(3)70-29(4)19-34/h11-12,14-15,22-25,27-31,34-35,37,43-44,46-47H,9-10,13,16-21,26H2,1-8H3,(H,55,57)(H,56,58)(H,59,65)(H,60,66)/t27-,28+,29+,30+,31+,37-,43-,44-,46-,47?/m0/s1. The van der Waals surface area contributed by atoms with E-state index in [1.54, 1.807) is 0 Å². The summed E-state index contributed by atoms with van der Waals surface area (Å²) in [4.78, 5) is 75.8. The smallest absolute Gasteiger partial charge is 0.407 e. The number of alkyl carbamates (subject to hydrolysis) is 2. The largest absolute Gasteiger partial charge is 0.488 e. The molecule has 1 unspecified atom stereocenters. The van der Waals surface area contributed by atoms with Gasteiger partial charge in [0.25, 0.3) is 0 Å². The predicted octanol–water partition coefficient (Wildman–Crippen LogP) is 9.02. The number of imidazole rings is 2. The molecule has 4 amide bonds. The topological polar surface area (TPSA) is 202 Å². The van der Waals surface area contributed by atoms with Crippen molar-refractivity contribution >= 4 is 45.8 Å². The zero-order chi connectivity index (χ0) is 49.8. The number of ether oxygens (including phenoxy) is 5. The Bertz CT molecular complexity index is 2810. The number of aromatic amines is 2. The van der Waals surface area contributed by atoms with Crippen molar-refractivity contribution in [3.05, 3.63) is 65.9 Å². The molecule has 17 heteroatoms. The van der Waals surface area contributed by atoms with Crippen molar-refractivity contribution in [2.24, 2.45) is 11.8 Å². The molecular formula is C54H68N8O9. The van der Waals surface area contributed by atoms with Gasteiger partial charge in [-0.15, -0.1) is 0 Å². The Morgan fingerprint density at radius 2 is 1.35 bits per heavy atom. The molecule has 5 aliphatic rings. The molecule has 0 saturated carbocycles. The van der Waals surface area contributed by atoms with Crippen molar-refractivity contribution in [2.75, 3.05) is 14.2 Å². The van der Waals surface area contributed by atoms with Gasteiger partial charge in [-0.25, -0.2) is 19.6 Å². The minimum absolute atomic E-state index is 0.00453. The number of nitrogens with one attached hydrogen (secondary N) is 4. The van der Waals surface area contributed by atoms with Crippen LogP contribution in [0.1, 0.15) is 129 Å². The van der Waals surface area contributed by atoms with Crippen LogP contribution in [-0.4, -0.2) is 117 Å². The average Bonchev–Trinajstić information content (AvgIpc) is 4.19. The molecule has 4 N–H and O–H groups in total. The Hall–Kier alpha value is -6.20. The summed E-state index contributed by atoms with van der Waals surface area (Å²) in [5, 5.41) is 7.77. The van der Waals surface area contributed by atoms with Crippen LogP contribution in [0.2, 0.25) is 0 Å². The van der Waals surface area contributed by atoms with Crippen LogP contribution in [0.25, 0.3) is 44.2 Å². The maximum Gasteiger partial charge on any atom is 0.407 e. The predicted molar refractivity (Wildman–Crippen MR) is 266 cm³/mol. The summed E-state index contributed by atoms with van der Waals surface area (Å²) in [7, 11) is 2.64. The molecule has 0 bridgehead atoms. The van der Waals surface area contributed by atoms with Crippen molar-refractivity contribution in [2.45, 2.75) is 167 Å². The van der Waals surface area contributed by atoms with Crippen LogP contribution in [-0.2, 0) is 35.1 Å². The lowest BCUT2D eigenvalue weighted by molar-refractivity contribution is -0.141. The molecule has 10 rings (SSSR count).